The lowest BCUT2D eigenvalue weighted by atomic mass is 10.2. The van der Waals surface area contributed by atoms with Gasteiger partial charge in [0.25, 0.3) is 0 Å². The summed E-state index contributed by atoms with van der Waals surface area (Å²) in [5, 5.41) is 0. The molecular formula is C10H13IN2. The van der Waals surface area contributed by atoms with E-state index in [0.717, 1.165) is 5.69 Å². The third kappa shape index (κ3) is 3.34. The molecule has 3 heteroatoms. The Hall–Kier alpha value is -0.580. The summed E-state index contributed by atoms with van der Waals surface area (Å²) in [6.07, 6.45) is 1.81. The van der Waals surface area contributed by atoms with E-state index >= 15 is 0 Å². The van der Waals surface area contributed by atoms with Crippen molar-refractivity contribution >= 4 is 34.6 Å². The Kier molecular flexibility index (Phi) is 3.71. The van der Waals surface area contributed by atoms with E-state index in [9.17, 15) is 0 Å². The van der Waals surface area contributed by atoms with Gasteiger partial charge in [-0.1, -0.05) is 0 Å². The van der Waals surface area contributed by atoms with Crippen LogP contribution in [0, 0.1) is 10.5 Å². The molecule has 0 unspecified atom stereocenters. The zero-order valence-corrected chi connectivity index (χ0v) is 10.2. The molecule has 0 spiro atoms. The highest BCUT2D eigenvalue weighted by molar-refractivity contribution is 14.1. The molecule has 0 saturated heterocycles. The van der Waals surface area contributed by atoms with Gasteiger partial charge >= 0.3 is 0 Å². The van der Waals surface area contributed by atoms with Gasteiger partial charge in [-0.15, -0.1) is 0 Å². The van der Waals surface area contributed by atoms with E-state index in [4.69, 9.17) is 0 Å². The SMILES string of the molecule is Cc1cc(I)ccc1N=CN(C)C. The summed E-state index contributed by atoms with van der Waals surface area (Å²) in [7, 11) is 3.93. The van der Waals surface area contributed by atoms with Crippen LogP contribution in [-0.2, 0) is 0 Å². The number of nitrogens with zero attached hydrogens (tertiary/aromatic N) is 2. The molecular weight excluding hydrogens is 275 g/mol. The number of halogens is 1. The van der Waals surface area contributed by atoms with Crippen molar-refractivity contribution < 1.29 is 0 Å². The summed E-state index contributed by atoms with van der Waals surface area (Å²) in [5.41, 5.74) is 2.25. The molecule has 1 aromatic carbocycles. The lowest BCUT2D eigenvalue weighted by molar-refractivity contribution is 0.643. The van der Waals surface area contributed by atoms with Crippen LogP contribution in [0.5, 0.6) is 0 Å². The molecule has 0 fully saturated rings. The van der Waals surface area contributed by atoms with Gasteiger partial charge in [-0.2, -0.15) is 0 Å². The van der Waals surface area contributed by atoms with Crippen LogP contribution in [0.2, 0.25) is 0 Å². The standard InChI is InChI=1S/C10H13IN2/c1-8-6-9(11)4-5-10(8)12-7-13(2)3/h4-7H,1-3H3. The fourth-order valence-corrected chi connectivity index (χ4v) is 1.59. The minimum Gasteiger partial charge on any atom is -0.369 e. The van der Waals surface area contributed by atoms with E-state index < -0.39 is 0 Å². The lowest BCUT2D eigenvalue weighted by Crippen LogP contribution is -2.07. The van der Waals surface area contributed by atoms with Crippen LogP contribution in [0.15, 0.2) is 23.2 Å². The minimum absolute atomic E-state index is 1.04. The third-order valence-electron chi connectivity index (χ3n) is 1.59. The van der Waals surface area contributed by atoms with Crippen LogP contribution < -0.4 is 0 Å². The molecule has 13 heavy (non-hydrogen) atoms. The molecule has 0 aliphatic heterocycles. The zero-order chi connectivity index (χ0) is 9.84. The average Bonchev–Trinajstić information content (AvgIpc) is 2.02. The van der Waals surface area contributed by atoms with Crippen molar-refractivity contribution in [3.63, 3.8) is 0 Å². The van der Waals surface area contributed by atoms with Crippen LogP contribution in [0.3, 0.4) is 0 Å². The van der Waals surface area contributed by atoms with E-state index in [-0.39, 0.29) is 0 Å². The van der Waals surface area contributed by atoms with Crippen molar-refractivity contribution in [1.29, 1.82) is 0 Å². The molecule has 0 aliphatic rings. The topological polar surface area (TPSA) is 15.6 Å². The summed E-state index contributed by atoms with van der Waals surface area (Å²) < 4.78 is 1.25. The molecule has 1 rings (SSSR count). The smallest absolute Gasteiger partial charge is 0.0907 e. The van der Waals surface area contributed by atoms with Crippen LogP contribution in [-0.4, -0.2) is 25.3 Å². The predicted octanol–water partition coefficient (Wildman–Crippen LogP) is 2.82. The first-order valence-electron chi connectivity index (χ1n) is 4.06. The Morgan fingerprint density at radius 3 is 2.62 bits per heavy atom. The van der Waals surface area contributed by atoms with Gasteiger partial charge in [-0.05, 0) is 53.3 Å². The number of aliphatic imine (C=N–C) groups is 1. The van der Waals surface area contributed by atoms with Crippen LogP contribution in [0.25, 0.3) is 0 Å². The summed E-state index contributed by atoms with van der Waals surface area (Å²) in [6.45, 7) is 2.07. The minimum atomic E-state index is 1.04. The summed E-state index contributed by atoms with van der Waals surface area (Å²) in [6, 6.07) is 6.23. The van der Waals surface area contributed by atoms with E-state index in [1.165, 1.54) is 9.13 Å². The van der Waals surface area contributed by atoms with E-state index in [1.54, 1.807) is 0 Å². The Morgan fingerprint density at radius 1 is 1.38 bits per heavy atom. The van der Waals surface area contributed by atoms with Gasteiger partial charge in [0.15, 0.2) is 0 Å². The molecule has 70 valence electrons. The van der Waals surface area contributed by atoms with Gasteiger partial charge in [-0.25, -0.2) is 4.99 Å². The van der Waals surface area contributed by atoms with Gasteiger partial charge in [0.1, 0.15) is 0 Å². The molecule has 0 saturated carbocycles. The van der Waals surface area contributed by atoms with Crippen molar-refractivity contribution in [2.75, 3.05) is 14.1 Å². The van der Waals surface area contributed by atoms with Gasteiger partial charge in [0.05, 0.1) is 12.0 Å². The van der Waals surface area contributed by atoms with Crippen LogP contribution >= 0.6 is 22.6 Å². The molecule has 0 aliphatic carbocycles. The highest BCUT2D eigenvalue weighted by Crippen LogP contribution is 2.19. The molecule has 0 atom stereocenters. The van der Waals surface area contributed by atoms with Crippen molar-refractivity contribution in [3.8, 4) is 0 Å². The number of hydrogen-bond donors (Lipinski definition) is 0. The van der Waals surface area contributed by atoms with Gasteiger partial charge in [0.2, 0.25) is 0 Å². The van der Waals surface area contributed by atoms with E-state index in [1.807, 2.05) is 31.4 Å². The highest BCUT2D eigenvalue weighted by atomic mass is 127. The van der Waals surface area contributed by atoms with E-state index in [0.29, 0.717) is 0 Å². The van der Waals surface area contributed by atoms with Crippen LogP contribution in [0.1, 0.15) is 5.56 Å². The summed E-state index contributed by atoms with van der Waals surface area (Å²) in [5.74, 6) is 0. The number of aryl methyl sites for hydroxylation is 1. The second-order valence-corrected chi connectivity index (χ2v) is 4.38. The molecule has 0 radical (unpaired) electrons. The maximum absolute atomic E-state index is 4.34. The van der Waals surface area contributed by atoms with Crippen molar-refractivity contribution in [2.24, 2.45) is 4.99 Å². The van der Waals surface area contributed by atoms with Gasteiger partial charge < -0.3 is 4.90 Å². The quantitative estimate of drug-likeness (QED) is 0.464. The monoisotopic (exact) mass is 288 g/mol. The molecule has 0 aromatic heterocycles. The maximum atomic E-state index is 4.34. The van der Waals surface area contributed by atoms with Crippen molar-refractivity contribution in [2.45, 2.75) is 6.92 Å². The average molecular weight is 288 g/mol. The molecule has 1 aromatic rings. The molecule has 0 N–H and O–H groups in total. The van der Waals surface area contributed by atoms with Gasteiger partial charge in [0, 0.05) is 17.7 Å². The second-order valence-electron chi connectivity index (χ2n) is 3.14. The van der Waals surface area contributed by atoms with Crippen molar-refractivity contribution in [1.82, 2.24) is 4.90 Å². The first kappa shape index (κ1) is 10.5. The highest BCUT2D eigenvalue weighted by Gasteiger charge is 1.95. The fraction of sp³-hybridized carbons (Fsp3) is 0.300. The molecule has 2 nitrogen and oxygen atoms in total. The van der Waals surface area contributed by atoms with Gasteiger partial charge in [-0.3, -0.25) is 0 Å². The Balaban J connectivity index is 2.90. The lowest BCUT2D eigenvalue weighted by Gasteiger charge is -2.04. The van der Waals surface area contributed by atoms with E-state index in [2.05, 4.69) is 46.6 Å². The third-order valence-corrected chi connectivity index (χ3v) is 2.26. The Morgan fingerprint density at radius 2 is 2.08 bits per heavy atom. The first-order chi connectivity index (χ1) is 6.09. The number of benzene rings is 1. The zero-order valence-electron chi connectivity index (χ0n) is 8.08. The summed E-state index contributed by atoms with van der Waals surface area (Å²) in [4.78, 5) is 6.27. The summed E-state index contributed by atoms with van der Waals surface area (Å²) >= 11 is 2.30. The normalized spacial score (nSPS) is 10.8. The Labute approximate surface area is 92.8 Å². The molecule has 0 bridgehead atoms. The number of hydrogen-bond acceptors (Lipinski definition) is 1. The first-order valence-corrected chi connectivity index (χ1v) is 5.14. The second kappa shape index (κ2) is 4.60. The number of rotatable bonds is 2. The molecule has 0 amide bonds. The van der Waals surface area contributed by atoms with Crippen molar-refractivity contribution in [3.05, 3.63) is 27.3 Å². The van der Waals surface area contributed by atoms with Crippen LogP contribution in [0.4, 0.5) is 5.69 Å². The predicted molar refractivity (Wildman–Crippen MR) is 65.7 cm³/mol. The Bertz CT molecular complexity index is 319. The molecule has 0 heterocycles. The maximum Gasteiger partial charge on any atom is 0.0907 e. The largest absolute Gasteiger partial charge is 0.369 e. The fourth-order valence-electron chi connectivity index (χ4n) is 0.941.